The highest BCUT2D eigenvalue weighted by atomic mass is 16.5. The van der Waals surface area contributed by atoms with Crippen molar-refractivity contribution in [1.29, 1.82) is 0 Å². The topological polar surface area (TPSA) is 72.5 Å². The molecule has 2 rings (SSSR count). The van der Waals surface area contributed by atoms with E-state index < -0.39 is 11.7 Å². The van der Waals surface area contributed by atoms with Gasteiger partial charge >= 0.3 is 5.97 Å². The van der Waals surface area contributed by atoms with Crippen molar-refractivity contribution in [3.63, 3.8) is 0 Å². The Balaban J connectivity index is 2.11. The van der Waals surface area contributed by atoms with Gasteiger partial charge in [-0.15, -0.1) is 0 Å². The highest BCUT2D eigenvalue weighted by molar-refractivity contribution is 6.51. The first-order valence-corrected chi connectivity index (χ1v) is 5.76. The summed E-state index contributed by atoms with van der Waals surface area (Å²) in [6, 6.07) is 4.79. The van der Waals surface area contributed by atoms with Crippen molar-refractivity contribution in [2.45, 2.75) is 13.3 Å². The van der Waals surface area contributed by atoms with Crippen LogP contribution < -0.4 is 5.32 Å². The average Bonchev–Trinajstić information content (AvgIpc) is 2.65. The van der Waals surface area contributed by atoms with E-state index in [1.807, 2.05) is 0 Å². The number of amides is 1. The predicted molar refractivity (Wildman–Crippen MR) is 67.5 cm³/mol. The van der Waals surface area contributed by atoms with Crippen molar-refractivity contribution in [1.82, 2.24) is 0 Å². The van der Waals surface area contributed by atoms with Crippen LogP contribution in [0.2, 0.25) is 0 Å². The number of nitrogens with one attached hydrogen (secondary N) is 1. The van der Waals surface area contributed by atoms with Crippen LogP contribution in [-0.4, -0.2) is 24.3 Å². The van der Waals surface area contributed by atoms with Gasteiger partial charge in [-0.3, -0.25) is 14.4 Å². The first-order valence-electron chi connectivity index (χ1n) is 5.76. The lowest BCUT2D eigenvalue weighted by atomic mass is 10.1. The molecule has 96 valence electrons. The molecular formula is C14H11NO4. The predicted octanol–water partition coefficient (Wildman–Crippen LogP) is 1.13. The van der Waals surface area contributed by atoms with Gasteiger partial charge in [0.25, 0.3) is 11.7 Å². The molecule has 0 fully saturated rings. The standard InChI is InChI=1S/C14H11NO4/c1-2-19-12(16)5-3-4-9-6-7-10-11(8-9)15-14(18)13(10)17/h6-8H,2,5H2,1H3,(H,15,17,18). The Bertz CT molecular complexity index is 622. The van der Waals surface area contributed by atoms with E-state index in [0.717, 1.165) is 0 Å². The molecule has 0 atom stereocenters. The number of carbonyl (C=O) groups excluding carboxylic acids is 3. The Morgan fingerprint density at radius 3 is 2.89 bits per heavy atom. The number of benzene rings is 1. The molecule has 0 unspecified atom stereocenters. The van der Waals surface area contributed by atoms with Crippen molar-refractivity contribution in [2.75, 3.05) is 11.9 Å². The lowest BCUT2D eigenvalue weighted by Crippen LogP contribution is -2.12. The Hall–Kier alpha value is -2.61. The quantitative estimate of drug-likeness (QED) is 0.489. The lowest BCUT2D eigenvalue weighted by Gasteiger charge is -1.97. The second kappa shape index (κ2) is 5.36. The van der Waals surface area contributed by atoms with Gasteiger partial charge in [0.05, 0.1) is 17.9 Å². The summed E-state index contributed by atoms with van der Waals surface area (Å²) in [5.74, 6) is 3.91. The van der Waals surface area contributed by atoms with Crippen LogP contribution in [0.3, 0.4) is 0 Å². The molecule has 0 bridgehead atoms. The summed E-state index contributed by atoms with van der Waals surface area (Å²) in [7, 11) is 0. The third-order valence-corrected chi connectivity index (χ3v) is 2.49. The Labute approximate surface area is 109 Å². The first kappa shape index (κ1) is 12.8. The number of Topliss-reactive ketones (excluding diaryl/α,β-unsaturated/α-hetero) is 1. The Morgan fingerprint density at radius 1 is 1.37 bits per heavy atom. The average molecular weight is 257 g/mol. The highest BCUT2D eigenvalue weighted by Gasteiger charge is 2.27. The summed E-state index contributed by atoms with van der Waals surface area (Å²) >= 11 is 0. The molecule has 0 spiro atoms. The van der Waals surface area contributed by atoms with Crippen LogP contribution in [0.15, 0.2) is 18.2 Å². The molecule has 1 aromatic carbocycles. The minimum atomic E-state index is -0.633. The van der Waals surface area contributed by atoms with E-state index in [0.29, 0.717) is 23.4 Å². The molecule has 5 nitrogen and oxygen atoms in total. The number of hydrogen-bond donors (Lipinski definition) is 1. The number of esters is 1. The van der Waals surface area contributed by atoms with E-state index >= 15 is 0 Å². The molecule has 19 heavy (non-hydrogen) atoms. The smallest absolute Gasteiger partial charge is 0.317 e. The highest BCUT2D eigenvalue weighted by Crippen LogP contribution is 2.23. The van der Waals surface area contributed by atoms with E-state index in [4.69, 9.17) is 4.74 Å². The van der Waals surface area contributed by atoms with Gasteiger partial charge in [0.1, 0.15) is 6.42 Å². The van der Waals surface area contributed by atoms with Gasteiger partial charge < -0.3 is 10.1 Å². The molecule has 0 aliphatic carbocycles. The minimum Gasteiger partial charge on any atom is -0.465 e. The van der Waals surface area contributed by atoms with Crippen molar-refractivity contribution >= 4 is 23.3 Å². The summed E-state index contributed by atoms with van der Waals surface area (Å²) < 4.78 is 4.74. The fraction of sp³-hybridized carbons (Fsp3) is 0.214. The summed E-state index contributed by atoms with van der Waals surface area (Å²) in [4.78, 5) is 33.6. The maximum atomic E-state index is 11.4. The number of rotatable bonds is 2. The number of anilines is 1. The first-order chi connectivity index (χ1) is 9.11. The maximum Gasteiger partial charge on any atom is 0.317 e. The SMILES string of the molecule is CCOC(=O)CC#Cc1ccc2c(c1)NC(=O)C2=O. The number of carbonyl (C=O) groups is 3. The van der Waals surface area contributed by atoms with Crippen LogP contribution in [0.5, 0.6) is 0 Å². The van der Waals surface area contributed by atoms with E-state index in [1.54, 1.807) is 25.1 Å². The molecule has 0 radical (unpaired) electrons. The summed E-state index contributed by atoms with van der Waals surface area (Å²) in [5.41, 5.74) is 1.43. The molecule has 0 saturated heterocycles. The molecule has 1 heterocycles. The number of ether oxygens (including phenoxy) is 1. The van der Waals surface area contributed by atoms with Crippen LogP contribution in [0, 0.1) is 11.8 Å². The van der Waals surface area contributed by atoms with Crippen LogP contribution in [0.4, 0.5) is 5.69 Å². The number of fused-ring (bicyclic) bond motifs is 1. The molecular weight excluding hydrogens is 246 g/mol. The Kier molecular flexibility index (Phi) is 3.62. The third-order valence-electron chi connectivity index (χ3n) is 2.49. The van der Waals surface area contributed by atoms with Gasteiger partial charge in [-0.2, -0.15) is 0 Å². The van der Waals surface area contributed by atoms with Crippen LogP contribution in [0.25, 0.3) is 0 Å². The van der Waals surface area contributed by atoms with Gasteiger partial charge in [-0.05, 0) is 25.1 Å². The van der Waals surface area contributed by atoms with Crippen molar-refractivity contribution in [2.24, 2.45) is 0 Å². The second-order valence-electron chi connectivity index (χ2n) is 3.83. The molecule has 1 aliphatic heterocycles. The van der Waals surface area contributed by atoms with Gasteiger partial charge in [0, 0.05) is 5.56 Å². The number of ketones is 1. The summed E-state index contributed by atoms with van der Waals surface area (Å²) in [6.07, 6.45) is 0.0101. The molecule has 1 aliphatic rings. The Morgan fingerprint density at radius 2 is 2.16 bits per heavy atom. The van der Waals surface area contributed by atoms with E-state index in [9.17, 15) is 14.4 Å². The van der Waals surface area contributed by atoms with Gasteiger partial charge in [0.15, 0.2) is 0 Å². The van der Waals surface area contributed by atoms with E-state index in [2.05, 4.69) is 17.2 Å². The van der Waals surface area contributed by atoms with Crippen LogP contribution >= 0.6 is 0 Å². The third kappa shape index (κ3) is 2.80. The molecule has 0 saturated carbocycles. The summed E-state index contributed by atoms with van der Waals surface area (Å²) in [6.45, 7) is 2.05. The van der Waals surface area contributed by atoms with Crippen LogP contribution in [0.1, 0.15) is 29.3 Å². The molecule has 1 N–H and O–H groups in total. The minimum absolute atomic E-state index is 0.0101. The van der Waals surface area contributed by atoms with Gasteiger partial charge in [-0.25, -0.2) is 0 Å². The molecule has 1 amide bonds. The summed E-state index contributed by atoms with van der Waals surface area (Å²) in [5, 5.41) is 2.46. The van der Waals surface area contributed by atoms with E-state index in [1.165, 1.54) is 0 Å². The fourth-order valence-electron chi connectivity index (χ4n) is 1.66. The fourth-order valence-corrected chi connectivity index (χ4v) is 1.66. The van der Waals surface area contributed by atoms with E-state index in [-0.39, 0.29) is 12.4 Å². The normalized spacial score (nSPS) is 12.3. The zero-order valence-electron chi connectivity index (χ0n) is 10.3. The molecule has 5 heteroatoms. The maximum absolute atomic E-state index is 11.4. The van der Waals surface area contributed by atoms with Crippen molar-refractivity contribution in [3.8, 4) is 11.8 Å². The zero-order chi connectivity index (χ0) is 13.8. The monoisotopic (exact) mass is 257 g/mol. The van der Waals surface area contributed by atoms with Crippen LogP contribution in [-0.2, 0) is 14.3 Å². The zero-order valence-corrected chi connectivity index (χ0v) is 10.3. The largest absolute Gasteiger partial charge is 0.465 e. The van der Waals surface area contributed by atoms with Gasteiger partial charge in [-0.1, -0.05) is 11.8 Å². The second-order valence-corrected chi connectivity index (χ2v) is 3.83. The number of hydrogen-bond acceptors (Lipinski definition) is 4. The molecule has 1 aromatic rings. The lowest BCUT2D eigenvalue weighted by molar-refractivity contribution is -0.141. The van der Waals surface area contributed by atoms with Gasteiger partial charge in [0.2, 0.25) is 0 Å². The van der Waals surface area contributed by atoms with Crippen molar-refractivity contribution in [3.05, 3.63) is 29.3 Å². The van der Waals surface area contributed by atoms with Crippen molar-refractivity contribution < 1.29 is 19.1 Å². The molecule has 0 aromatic heterocycles.